The Morgan fingerprint density at radius 1 is 1.17 bits per heavy atom. The molecule has 2 rings (SSSR count). The van der Waals surface area contributed by atoms with E-state index in [4.69, 9.17) is 5.73 Å². The van der Waals surface area contributed by atoms with Crippen LogP contribution >= 0.6 is 0 Å². The summed E-state index contributed by atoms with van der Waals surface area (Å²) < 4.78 is 14.2. The van der Waals surface area contributed by atoms with Crippen LogP contribution in [0.5, 0.6) is 0 Å². The summed E-state index contributed by atoms with van der Waals surface area (Å²) in [6.07, 6.45) is 1.80. The number of hydrogen-bond acceptors (Lipinski definition) is 3. The average molecular weight is 331 g/mol. The number of carbonyl (C=O) groups excluding carboxylic acids is 2. The van der Waals surface area contributed by atoms with E-state index in [-0.39, 0.29) is 24.5 Å². The minimum Gasteiger partial charge on any atom is -0.369 e. The van der Waals surface area contributed by atoms with Crippen LogP contribution in [0.15, 0.2) is 53.5 Å². The maximum Gasteiger partial charge on any atom is 0.250 e. The van der Waals surface area contributed by atoms with Gasteiger partial charge in [-0.15, -0.1) is 0 Å². The molecule has 1 aromatic carbocycles. The molecule has 0 unspecified atom stereocenters. The van der Waals surface area contributed by atoms with Crippen LogP contribution in [0.3, 0.4) is 0 Å². The van der Waals surface area contributed by atoms with Gasteiger partial charge in [0.2, 0.25) is 11.8 Å². The summed E-state index contributed by atoms with van der Waals surface area (Å²) in [6, 6.07) is 10.3. The number of nitrogens with zero attached hydrogens (tertiary/aromatic N) is 1. The van der Waals surface area contributed by atoms with E-state index in [2.05, 4.69) is 5.32 Å². The first-order chi connectivity index (χ1) is 11.5. The summed E-state index contributed by atoms with van der Waals surface area (Å²) in [6.45, 7) is -0.0885. The van der Waals surface area contributed by atoms with Crippen molar-refractivity contribution < 1.29 is 14.0 Å². The zero-order valence-electron chi connectivity index (χ0n) is 12.9. The van der Waals surface area contributed by atoms with Crippen molar-refractivity contribution in [2.45, 2.75) is 13.0 Å². The highest BCUT2D eigenvalue weighted by Crippen LogP contribution is 2.09. The smallest absolute Gasteiger partial charge is 0.250 e. The first-order valence-corrected chi connectivity index (χ1v) is 7.41. The summed E-state index contributed by atoms with van der Waals surface area (Å²) in [5, 5.41) is 2.60. The van der Waals surface area contributed by atoms with Gasteiger partial charge in [-0.3, -0.25) is 14.4 Å². The van der Waals surface area contributed by atoms with Gasteiger partial charge in [0, 0.05) is 18.8 Å². The van der Waals surface area contributed by atoms with Crippen molar-refractivity contribution in [1.29, 1.82) is 0 Å². The Morgan fingerprint density at radius 3 is 2.50 bits per heavy atom. The number of pyridine rings is 1. The minimum atomic E-state index is -0.619. The van der Waals surface area contributed by atoms with Crippen LogP contribution in [0.25, 0.3) is 0 Å². The molecule has 0 aliphatic heterocycles. The molecule has 3 N–H and O–H groups in total. The SMILES string of the molecule is NC(=O)[C@H](CNC(=O)Cn1ccccc1=O)Cc1ccc(F)cc1. The number of nitrogens with one attached hydrogen (secondary N) is 1. The lowest BCUT2D eigenvalue weighted by Crippen LogP contribution is -2.39. The molecule has 1 heterocycles. The molecular formula is C17H18FN3O3. The fraction of sp³-hybridized carbons (Fsp3) is 0.235. The molecule has 0 saturated carbocycles. The number of primary amides is 1. The molecule has 2 aromatic rings. The molecule has 0 aliphatic carbocycles. The lowest BCUT2D eigenvalue weighted by molar-refractivity contribution is -0.123. The number of hydrogen-bond donors (Lipinski definition) is 2. The number of halogens is 1. The Morgan fingerprint density at radius 2 is 1.88 bits per heavy atom. The molecule has 6 nitrogen and oxygen atoms in total. The molecule has 0 radical (unpaired) electrons. The monoisotopic (exact) mass is 331 g/mol. The van der Waals surface area contributed by atoms with Gasteiger partial charge in [0.05, 0.1) is 5.92 Å². The molecule has 0 fully saturated rings. The van der Waals surface area contributed by atoms with Gasteiger partial charge in [-0.1, -0.05) is 18.2 Å². The van der Waals surface area contributed by atoms with Gasteiger partial charge in [-0.05, 0) is 30.2 Å². The summed E-state index contributed by atoms with van der Waals surface area (Å²) in [7, 11) is 0. The number of nitrogens with two attached hydrogens (primary N) is 1. The maximum absolute atomic E-state index is 12.9. The number of rotatable bonds is 7. The van der Waals surface area contributed by atoms with E-state index in [1.165, 1.54) is 29.0 Å². The fourth-order valence-corrected chi connectivity index (χ4v) is 2.22. The van der Waals surface area contributed by atoms with Gasteiger partial charge in [0.25, 0.3) is 5.56 Å². The summed E-state index contributed by atoms with van der Waals surface area (Å²) in [5.41, 5.74) is 5.82. The Kier molecular flexibility index (Phi) is 5.83. The highest BCUT2D eigenvalue weighted by molar-refractivity contribution is 5.79. The quantitative estimate of drug-likeness (QED) is 0.771. The Bertz CT molecular complexity index is 771. The zero-order valence-corrected chi connectivity index (χ0v) is 12.9. The Balaban J connectivity index is 1.92. The van der Waals surface area contributed by atoms with Gasteiger partial charge in [0.15, 0.2) is 0 Å². The zero-order chi connectivity index (χ0) is 17.5. The van der Waals surface area contributed by atoms with Gasteiger partial charge >= 0.3 is 0 Å². The topological polar surface area (TPSA) is 94.2 Å². The van der Waals surface area contributed by atoms with Crippen LogP contribution in [0, 0.1) is 11.7 Å². The van der Waals surface area contributed by atoms with Crippen molar-refractivity contribution in [1.82, 2.24) is 9.88 Å². The van der Waals surface area contributed by atoms with Crippen LogP contribution in [0.1, 0.15) is 5.56 Å². The molecule has 1 atom stereocenters. The lowest BCUT2D eigenvalue weighted by atomic mass is 9.98. The van der Waals surface area contributed by atoms with E-state index < -0.39 is 17.7 Å². The number of benzene rings is 1. The standard InChI is InChI=1S/C17H18FN3O3/c18-14-6-4-12(5-7-14)9-13(17(19)24)10-20-15(22)11-21-8-2-1-3-16(21)23/h1-8,13H,9-11H2,(H2,19,24)(H,20,22)/t13-/m0/s1. The Labute approximate surface area is 138 Å². The first kappa shape index (κ1) is 17.4. The van der Waals surface area contributed by atoms with E-state index >= 15 is 0 Å². The molecular weight excluding hydrogens is 313 g/mol. The van der Waals surface area contributed by atoms with Crippen molar-refractivity contribution in [3.05, 3.63) is 70.4 Å². The van der Waals surface area contributed by atoms with Crippen LogP contribution in [-0.2, 0) is 22.6 Å². The lowest BCUT2D eigenvalue weighted by Gasteiger charge is -2.15. The van der Waals surface area contributed by atoms with E-state index in [1.54, 1.807) is 24.3 Å². The third-order valence-corrected chi connectivity index (χ3v) is 3.56. The molecule has 0 bridgehead atoms. The van der Waals surface area contributed by atoms with Crippen LogP contribution in [0.4, 0.5) is 4.39 Å². The first-order valence-electron chi connectivity index (χ1n) is 7.41. The van der Waals surface area contributed by atoms with Crippen molar-refractivity contribution in [2.24, 2.45) is 11.7 Å². The van der Waals surface area contributed by atoms with E-state index in [0.717, 1.165) is 5.56 Å². The van der Waals surface area contributed by atoms with Gasteiger partial charge in [0.1, 0.15) is 12.4 Å². The van der Waals surface area contributed by atoms with Gasteiger partial charge in [-0.25, -0.2) is 4.39 Å². The molecule has 1 aromatic heterocycles. The minimum absolute atomic E-state index is 0.0487. The third-order valence-electron chi connectivity index (χ3n) is 3.56. The average Bonchev–Trinajstić information content (AvgIpc) is 2.55. The third kappa shape index (κ3) is 5.05. The molecule has 7 heteroatoms. The molecule has 0 saturated heterocycles. The summed E-state index contributed by atoms with van der Waals surface area (Å²) in [4.78, 5) is 35.0. The van der Waals surface area contributed by atoms with E-state index in [0.29, 0.717) is 6.42 Å². The maximum atomic E-state index is 12.9. The van der Waals surface area contributed by atoms with Crippen molar-refractivity contribution in [2.75, 3.05) is 6.54 Å². The Hall–Kier alpha value is -2.96. The second-order valence-corrected chi connectivity index (χ2v) is 5.40. The van der Waals surface area contributed by atoms with Crippen LogP contribution in [0.2, 0.25) is 0 Å². The normalized spacial score (nSPS) is 11.7. The number of amides is 2. The fourth-order valence-electron chi connectivity index (χ4n) is 2.22. The summed E-state index contributed by atoms with van der Waals surface area (Å²) in [5.74, 6) is -1.94. The van der Waals surface area contributed by atoms with E-state index in [9.17, 15) is 18.8 Å². The molecule has 0 aliphatic rings. The molecule has 126 valence electrons. The second-order valence-electron chi connectivity index (χ2n) is 5.40. The largest absolute Gasteiger partial charge is 0.369 e. The number of carbonyl (C=O) groups is 2. The van der Waals surface area contributed by atoms with Crippen LogP contribution < -0.4 is 16.6 Å². The van der Waals surface area contributed by atoms with E-state index in [1.807, 2.05) is 0 Å². The predicted molar refractivity (Wildman–Crippen MR) is 86.5 cm³/mol. The van der Waals surface area contributed by atoms with Crippen LogP contribution in [-0.4, -0.2) is 22.9 Å². The highest BCUT2D eigenvalue weighted by Gasteiger charge is 2.17. The van der Waals surface area contributed by atoms with Crippen molar-refractivity contribution in [3.63, 3.8) is 0 Å². The number of aromatic nitrogens is 1. The molecule has 2 amide bonds. The van der Waals surface area contributed by atoms with Gasteiger partial charge < -0.3 is 15.6 Å². The molecule has 0 spiro atoms. The highest BCUT2D eigenvalue weighted by atomic mass is 19.1. The molecule has 24 heavy (non-hydrogen) atoms. The summed E-state index contributed by atoms with van der Waals surface area (Å²) >= 11 is 0. The van der Waals surface area contributed by atoms with Crippen molar-refractivity contribution >= 4 is 11.8 Å². The van der Waals surface area contributed by atoms with Crippen molar-refractivity contribution in [3.8, 4) is 0 Å². The second kappa shape index (κ2) is 8.05. The van der Waals surface area contributed by atoms with Gasteiger partial charge in [-0.2, -0.15) is 0 Å². The predicted octanol–water partition coefficient (Wildman–Crippen LogP) is 0.448.